The van der Waals surface area contributed by atoms with Gasteiger partial charge >= 0.3 is 0 Å². The second-order valence-electron chi connectivity index (χ2n) is 4.32. The highest BCUT2D eigenvalue weighted by molar-refractivity contribution is 7.90. The van der Waals surface area contributed by atoms with Crippen LogP contribution in [0.3, 0.4) is 0 Å². The lowest BCUT2D eigenvalue weighted by Gasteiger charge is -2.17. The van der Waals surface area contributed by atoms with E-state index in [0.717, 1.165) is 25.3 Å². The van der Waals surface area contributed by atoms with Crippen molar-refractivity contribution in [3.05, 3.63) is 0 Å². The monoisotopic (exact) mass is 219 g/mol. The van der Waals surface area contributed by atoms with E-state index in [2.05, 4.69) is 12.2 Å². The van der Waals surface area contributed by atoms with Gasteiger partial charge in [-0.2, -0.15) is 0 Å². The standard InChI is InChI=1S/C10H21NO2S/c1-3-7-11-10(9-4-5-9)6-8-14(2,12)13/h9-11H,3-8H2,1-2H3. The van der Waals surface area contributed by atoms with E-state index in [1.54, 1.807) is 0 Å². The first-order valence-electron chi connectivity index (χ1n) is 5.44. The van der Waals surface area contributed by atoms with Crippen molar-refractivity contribution in [3.63, 3.8) is 0 Å². The van der Waals surface area contributed by atoms with Crippen molar-refractivity contribution in [3.8, 4) is 0 Å². The summed E-state index contributed by atoms with van der Waals surface area (Å²) in [6, 6.07) is 0.435. The van der Waals surface area contributed by atoms with Gasteiger partial charge in [0.1, 0.15) is 9.84 Å². The van der Waals surface area contributed by atoms with Crippen LogP contribution >= 0.6 is 0 Å². The zero-order chi connectivity index (χ0) is 10.6. The molecule has 84 valence electrons. The summed E-state index contributed by atoms with van der Waals surface area (Å²) in [5.41, 5.74) is 0. The smallest absolute Gasteiger partial charge is 0.147 e. The van der Waals surface area contributed by atoms with Crippen LogP contribution in [0.25, 0.3) is 0 Å². The lowest BCUT2D eigenvalue weighted by Crippen LogP contribution is -2.33. The third-order valence-electron chi connectivity index (χ3n) is 2.65. The van der Waals surface area contributed by atoms with Crippen LogP contribution in [0.15, 0.2) is 0 Å². The van der Waals surface area contributed by atoms with Gasteiger partial charge in [-0.25, -0.2) is 8.42 Å². The lowest BCUT2D eigenvalue weighted by molar-refractivity contribution is 0.449. The molecule has 0 aliphatic heterocycles. The maximum atomic E-state index is 11.0. The van der Waals surface area contributed by atoms with Crippen LogP contribution in [0.2, 0.25) is 0 Å². The normalized spacial score (nSPS) is 19.6. The largest absolute Gasteiger partial charge is 0.314 e. The summed E-state index contributed by atoms with van der Waals surface area (Å²) in [7, 11) is -2.79. The van der Waals surface area contributed by atoms with Crippen molar-refractivity contribution in [1.29, 1.82) is 0 Å². The quantitative estimate of drug-likeness (QED) is 0.700. The van der Waals surface area contributed by atoms with E-state index in [-0.39, 0.29) is 0 Å². The van der Waals surface area contributed by atoms with E-state index in [1.807, 2.05) is 0 Å². The molecule has 0 heterocycles. The van der Waals surface area contributed by atoms with Gasteiger partial charge in [0, 0.05) is 12.3 Å². The minimum atomic E-state index is -2.79. The Hall–Kier alpha value is -0.0900. The summed E-state index contributed by atoms with van der Waals surface area (Å²) in [4.78, 5) is 0. The molecule has 0 aromatic rings. The predicted octanol–water partition coefficient (Wildman–Crippen LogP) is 1.20. The van der Waals surface area contributed by atoms with E-state index in [4.69, 9.17) is 0 Å². The highest BCUT2D eigenvalue weighted by Crippen LogP contribution is 2.34. The molecule has 1 aliphatic carbocycles. The first-order valence-corrected chi connectivity index (χ1v) is 7.50. The molecule has 1 aliphatic rings. The van der Waals surface area contributed by atoms with Gasteiger partial charge < -0.3 is 5.32 Å². The molecule has 0 spiro atoms. The molecule has 1 atom stereocenters. The topological polar surface area (TPSA) is 46.2 Å². The van der Waals surface area contributed by atoms with Gasteiger partial charge in [-0.05, 0) is 38.1 Å². The number of rotatable bonds is 7. The Labute approximate surface area is 87.2 Å². The van der Waals surface area contributed by atoms with Gasteiger partial charge in [-0.1, -0.05) is 6.92 Å². The van der Waals surface area contributed by atoms with E-state index in [9.17, 15) is 8.42 Å². The zero-order valence-corrected chi connectivity index (χ0v) is 9.94. The summed E-state index contributed by atoms with van der Waals surface area (Å²) < 4.78 is 22.0. The highest BCUT2D eigenvalue weighted by Gasteiger charge is 2.30. The molecule has 0 radical (unpaired) electrons. The van der Waals surface area contributed by atoms with Crippen molar-refractivity contribution in [2.45, 2.75) is 38.6 Å². The maximum absolute atomic E-state index is 11.0. The molecule has 1 N–H and O–H groups in total. The molecule has 1 unspecified atom stereocenters. The van der Waals surface area contributed by atoms with Crippen LogP contribution in [-0.4, -0.2) is 33.0 Å². The Morgan fingerprint density at radius 2 is 2.07 bits per heavy atom. The van der Waals surface area contributed by atoms with Crippen molar-refractivity contribution in [2.24, 2.45) is 5.92 Å². The molecule has 1 saturated carbocycles. The summed E-state index contributed by atoms with van der Waals surface area (Å²) >= 11 is 0. The van der Waals surface area contributed by atoms with Crippen LogP contribution in [0, 0.1) is 5.92 Å². The fraction of sp³-hybridized carbons (Fsp3) is 1.00. The number of hydrogen-bond donors (Lipinski definition) is 1. The van der Waals surface area contributed by atoms with Gasteiger partial charge in [-0.3, -0.25) is 0 Å². The Morgan fingerprint density at radius 1 is 1.43 bits per heavy atom. The number of sulfone groups is 1. The van der Waals surface area contributed by atoms with Crippen molar-refractivity contribution in [2.75, 3.05) is 18.6 Å². The predicted molar refractivity (Wildman–Crippen MR) is 59.1 cm³/mol. The van der Waals surface area contributed by atoms with Crippen LogP contribution < -0.4 is 5.32 Å². The molecular weight excluding hydrogens is 198 g/mol. The molecule has 0 amide bonds. The van der Waals surface area contributed by atoms with Crippen molar-refractivity contribution < 1.29 is 8.42 Å². The highest BCUT2D eigenvalue weighted by atomic mass is 32.2. The molecule has 1 rings (SSSR count). The minimum absolute atomic E-state index is 0.324. The average molecular weight is 219 g/mol. The average Bonchev–Trinajstić information content (AvgIpc) is 2.86. The Kier molecular flexibility index (Phi) is 4.38. The van der Waals surface area contributed by atoms with Gasteiger partial charge in [0.25, 0.3) is 0 Å². The van der Waals surface area contributed by atoms with Crippen LogP contribution in [0.5, 0.6) is 0 Å². The van der Waals surface area contributed by atoms with E-state index in [0.29, 0.717) is 11.8 Å². The summed E-state index contributed by atoms with van der Waals surface area (Å²) in [6.07, 6.45) is 5.75. The van der Waals surface area contributed by atoms with Crippen LogP contribution in [-0.2, 0) is 9.84 Å². The summed E-state index contributed by atoms with van der Waals surface area (Å²) in [5, 5.41) is 3.44. The molecule has 14 heavy (non-hydrogen) atoms. The fourth-order valence-electron chi connectivity index (χ4n) is 1.67. The van der Waals surface area contributed by atoms with E-state index < -0.39 is 9.84 Å². The lowest BCUT2D eigenvalue weighted by atomic mass is 10.1. The van der Waals surface area contributed by atoms with E-state index in [1.165, 1.54) is 19.1 Å². The fourth-order valence-corrected chi connectivity index (χ4v) is 2.36. The molecule has 4 heteroatoms. The van der Waals surface area contributed by atoms with Crippen LogP contribution in [0.1, 0.15) is 32.6 Å². The molecule has 0 saturated heterocycles. The minimum Gasteiger partial charge on any atom is -0.314 e. The zero-order valence-electron chi connectivity index (χ0n) is 9.12. The summed E-state index contributed by atoms with van der Waals surface area (Å²) in [6.45, 7) is 3.14. The van der Waals surface area contributed by atoms with Crippen LogP contribution in [0.4, 0.5) is 0 Å². The second-order valence-corrected chi connectivity index (χ2v) is 6.58. The molecular formula is C10H21NO2S. The second kappa shape index (κ2) is 5.12. The Balaban J connectivity index is 2.28. The maximum Gasteiger partial charge on any atom is 0.147 e. The third kappa shape index (κ3) is 4.96. The van der Waals surface area contributed by atoms with E-state index >= 15 is 0 Å². The van der Waals surface area contributed by atoms with Gasteiger partial charge in [0.2, 0.25) is 0 Å². The molecule has 0 aromatic heterocycles. The number of nitrogens with one attached hydrogen (secondary N) is 1. The van der Waals surface area contributed by atoms with Crippen molar-refractivity contribution >= 4 is 9.84 Å². The molecule has 0 bridgehead atoms. The SMILES string of the molecule is CCCNC(CCS(C)(=O)=O)C1CC1. The first kappa shape index (κ1) is 12.0. The Bertz CT molecular complexity index is 257. The molecule has 1 fully saturated rings. The van der Waals surface area contributed by atoms with Crippen molar-refractivity contribution in [1.82, 2.24) is 5.32 Å². The third-order valence-corrected chi connectivity index (χ3v) is 3.62. The van der Waals surface area contributed by atoms with Gasteiger partial charge in [0.05, 0.1) is 5.75 Å². The summed E-state index contributed by atoms with van der Waals surface area (Å²) in [5.74, 6) is 1.06. The molecule has 3 nitrogen and oxygen atoms in total. The van der Waals surface area contributed by atoms with Gasteiger partial charge in [0.15, 0.2) is 0 Å². The van der Waals surface area contributed by atoms with Gasteiger partial charge in [-0.15, -0.1) is 0 Å². The molecule has 0 aromatic carbocycles. The Morgan fingerprint density at radius 3 is 2.50 bits per heavy atom. The number of hydrogen-bond acceptors (Lipinski definition) is 3. The first-order chi connectivity index (χ1) is 6.53.